The highest BCUT2D eigenvalue weighted by Gasteiger charge is 2.51. The summed E-state index contributed by atoms with van der Waals surface area (Å²) in [6, 6.07) is 11.4. The summed E-state index contributed by atoms with van der Waals surface area (Å²) in [4.78, 5) is 0. The van der Waals surface area contributed by atoms with Gasteiger partial charge in [-0.1, -0.05) is 30.3 Å². The summed E-state index contributed by atoms with van der Waals surface area (Å²) in [7, 11) is 0. The molecular formula is C16H22O. The Labute approximate surface area is 104 Å². The van der Waals surface area contributed by atoms with Crippen molar-refractivity contribution in [3.63, 3.8) is 0 Å². The fraction of sp³-hybridized carbons (Fsp3) is 0.625. The van der Waals surface area contributed by atoms with Crippen LogP contribution in [-0.4, -0.2) is 5.48 Å². The summed E-state index contributed by atoms with van der Waals surface area (Å²) in [6.45, 7) is 0. The molecule has 0 aromatic heterocycles. The Morgan fingerprint density at radius 3 is 1.71 bits per heavy atom. The zero-order valence-electron chi connectivity index (χ0n) is 10.4. The van der Waals surface area contributed by atoms with Gasteiger partial charge in [0.2, 0.25) is 0 Å². The minimum absolute atomic E-state index is 0. The van der Waals surface area contributed by atoms with Crippen molar-refractivity contribution in [2.75, 3.05) is 0 Å². The molecule has 2 N–H and O–H groups in total. The summed E-state index contributed by atoms with van der Waals surface area (Å²) in [6.07, 6.45) is 9.11. The van der Waals surface area contributed by atoms with E-state index in [1.165, 1.54) is 19.3 Å². The van der Waals surface area contributed by atoms with Crippen molar-refractivity contribution < 1.29 is 5.48 Å². The van der Waals surface area contributed by atoms with Crippen LogP contribution >= 0.6 is 0 Å². The van der Waals surface area contributed by atoms with Gasteiger partial charge in [0.05, 0.1) is 0 Å². The second kappa shape index (κ2) is 3.84. The monoisotopic (exact) mass is 230 g/mol. The van der Waals surface area contributed by atoms with Gasteiger partial charge in [-0.25, -0.2) is 0 Å². The topological polar surface area (TPSA) is 31.5 Å². The molecule has 4 bridgehead atoms. The van der Waals surface area contributed by atoms with E-state index in [2.05, 4.69) is 30.3 Å². The molecule has 5 rings (SSSR count). The Hall–Kier alpha value is -0.820. The van der Waals surface area contributed by atoms with E-state index in [9.17, 15) is 0 Å². The van der Waals surface area contributed by atoms with Crippen molar-refractivity contribution in [3.8, 4) is 0 Å². The van der Waals surface area contributed by atoms with E-state index in [1.807, 2.05) is 0 Å². The van der Waals surface area contributed by atoms with Crippen molar-refractivity contribution in [2.45, 2.75) is 43.9 Å². The van der Waals surface area contributed by atoms with Gasteiger partial charge in [-0.3, -0.25) is 0 Å². The standard InChI is InChI=1S/C16H20.H2O/c1-2-4-15(5-3-1)16-9-12-6-13(10-16)8-14(7-12)11-16;/h1-5,12-14H,6-11H2;1H2. The van der Waals surface area contributed by atoms with Crippen molar-refractivity contribution >= 4 is 0 Å². The van der Waals surface area contributed by atoms with E-state index in [1.54, 1.807) is 24.8 Å². The maximum atomic E-state index is 2.38. The van der Waals surface area contributed by atoms with Gasteiger partial charge in [-0.15, -0.1) is 0 Å². The van der Waals surface area contributed by atoms with Crippen LogP contribution < -0.4 is 0 Å². The van der Waals surface area contributed by atoms with Crippen LogP contribution in [0, 0.1) is 17.8 Å². The summed E-state index contributed by atoms with van der Waals surface area (Å²) in [5.74, 6) is 3.18. The van der Waals surface area contributed by atoms with Crippen molar-refractivity contribution in [2.24, 2.45) is 17.8 Å². The molecule has 1 aromatic rings. The highest BCUT2D eigenvalue weighted by Crippen LogP contribution is 2.60. The van der Waals surface area contributed by atoms with Crippen molar-refractivity contribution in [1.29, 1.82) is 0 Å². The molecule has 0 radical (unpaired) electrons. The smallest absolute Gasteiger partial charge is 0.00391 e. The summed E-state index contributed by atoms with van der Waals surface area (Å²) in [5, 5.41) is 0. The third-order valence-corrected chi connectivity index (χ3v) is 5.42. The zero-order valence-corrected chi connectivity index (χ0v) is 10.4. The second-order valence-electron chi connectivity index (χ2n) is 6.56. The summed E-state index contributed by atoms with van der Waals surface area (Å²) in [5.41, 5.74) is 2.24. The predicted octanol–water partition coefficient (Wildman–Crippen LogP) is 3.33. The van der Waals surface area contributed by atoms with Crippen LogP contribution in [0.25, 0.3) is 0 Å². The third-order valence-electron chi connectivity index (χ3n) is 5.42. The molecule has 0 unspecified atom stereocenters. The minimum atomic E-state index is 0. The summed E-state index contributed by atoms with van der Waals surface area (Å²) >= 11 is 0. The van der Waals surface area contributed by atoms with E-state index in [4.69, 9.17) is 0 Å². The maximum Gasteiger partial charge on any atom is -0.00391 e. The van der Waals surface area contributed by atoms with Crippen LogP contribution in [0.1, 0.15) is 44.1 Å². The highest BCUT2D eigenvalue weighted by atomic mass is 16.0. The molecule has 1 nitrogen and oxygen atoms in total. The number of hydrogen-bond acceptors (Lipinski definition) is 0. The third kappa shape index (κ3) is 1.63. The molecular weight excluding hydrogens is 208 g/mol. The van der Waals surface area contributed by atoms with E-state index in [0.717, 1.165) is 17.8 Å². The maximum absolute atomic E-state index is 2.38. The van der Waals surface area contributed by atoms with Crippen molar-refractivity contribution in [1.82, 2.24) is 0 Å². The lowest BCUT2D eigenvalue weighted by molar-refractivity contribution is -0.00518. The van der Waals surface area contributed by atoms with Crippen LogP contribution in [0.3, 0.4) is 0 Å². The van der Waals surface area contributed by atoms with Crippen LogP contribution in [0.2, 0.25) is 0 Å². The predicted molar refractivity (Wildman–Crippen MR) is 69.9 cm³/mol. The van der Waals surface area contributed by atoms with Gasteiger partial charge in [0, 0.05) is 0 Å². The second-order valence-corrected chi connectivity index (χ2v) is 6.56. The molecule has 4 saturated carbocycles. The molecule has 0 saturated heterocycles. The van der Waals surface area contributed by atoms with Crippen LogP contribution in [0.5, 0.6) is 0 Å². The normalized spacial score (nSPS) is 42.2. The first kappa shape index (κ1) is 11.3. The lowest BCUT2D eigenvalue weighted by Gasteiger charge is -2.57. The Morgan fingerprint density at radius 1 is 0.765 bits per heavy atom. The molecule has 0 aliphatic heterocycles. The molecule has 0 atom stereocenters. The molecule has 1 aromatic carbocycles. The zero-order chi connectivity index (χ0) is 10.6. The van der Waals surface area contributed by atoms with Gasteiger partial charge >= 0.3 is 0 Å². The van der Waals surface area contributed by atoms with Crippen molar-refractivity contribution in [3.05, 3.63) is 35.9 Å². The number of rotatable bonds is 1. The molecule has 4 aliphatic carbocycles. The molecule has 0 spiro atoms. The van der Waals surface area contributed by atoms with Crippen LogP contribution in [0.15, 0.2) is 30.3 Å². The lowest BCUT2D eigenvalue weighted by atomic mass is 9.48. The van der Waals surface area contributed by atoms with Crippen LogP contribution in [0.4, 0.5) is 0 Å². The molecule has 1 heteroatoms. The van der Waals surface area contributed by atoms with Crippen LogP contribution in [-0.2, 0) is 5.41 Å². The van der Waals surface area contributed by atoms with Gasteiger partial charge < -0.3 is 5.48 Å². The van der Waals surface area contributed by atoms with E-state index in [0.29, 0.717) is 5.41 Å². The van der Waals surface area contributed by atoms with Gasteiger partial charge in [0.25, 0.3) is 0 Å². The van der Waals surface area contributed by atoms with Gasteiger partial charge in [0.15, 0.2) is 0 Å². The first-order valence-corrected chi connectivity index (χ1v) is 6.90. The first-order chi connectivity index (χ1) is 7.84. The number of benzene rings is 1. The Balaban J connectivity index is 0.000000902. The SMILES string of the molecule is O.c1ccc(C23CC4CC(CC(C4)C2)C3)cc1. The first-order valence-electron chi connectivity index (χ1n) is 6.90. The van der Waals surface area contributed by atoms with E-state index in [-0.39, 0.29) is 5.48 Å². The number of hydrogen-bond donors (Lipinski definition) is 0. The fourth-order valence-electron chi connectivity index (χ4n) is 5.26. The Kier molecular flexibility index (Phi) is 2.55. The molecule has 0 heterocycles. The fourth-order valence-corrected chi connectivity index (χ4v) is 5.26. The average molecular weight is 230 g/mol. The molecule has 4 aliphatic rings. The largest absolute Gasteiger partial charge is 0.412 e. The Bertz CT molecular complexity index is 360. The Morgan fingerprint density at radius 2 is 1.24 bits per heavy atom. The summed E-state index contributed by atoms with van der Waals surface area (Å²) < 4.78 is 0. The molecule has 4 fully saturated rings. The molecule has 0 amide bonds. The van der Waals surface area contributed by atoms with Gasteiger partial charge in [0.1, 0.15) is 0 Å². The average Bonchev–Trinajstić information content (AvgIpc) is 2.28. The van der Waals surface area contributed by atoms with Gasteiger partial charge in [-0.2, -0.15) is 0 Å². The van der Waals surface area contributed by atoms with E-state index < -0.39 is 0 Å². The minimum Gasteiger partial charge on any atom is -0.412 e. The van der Waals surface area contributed by atoms with E-state index >= 15 is 0 Å². The lowest BCUT2D eigenvalue weighted by Crippen LogP contribution is -2.48. The van der Waals surface area contributed by atoms with Gasteiger partial charge in [-0.05, 0) is 67.3 Å². The highest BCUT2D eigenvalue weighted by molar-refractivity contribution is 5.29. The molecule has 17 heavy (non-hydrogen) atoms. The quantitative estimate of drug-likeness (QED) is 0.709. The molecule has 92 valence electrons.